The van der Waals surface area contributed by atoms with E-state index in [-0.39, 0.29) is 0 Å². The van der Waals surface area contributed by atoms with Crippen LogP contribution in [0.1, 0.15) is 11.3 Å². The first kappa shape index (κ1) is 13.2. The van der Waals surface area contributed by atoms with Gasteiger partial charge in [0.1, 0.15) is 5.75 Å². The van der Waals surface area contributed by atoms with Crippen molar-refractivity contribution in [2.45, 2.75) is 13.5 Å². The van der Waals surface area contributed by atoms with E-state index in [4.69, 9.17) is 4.74 Å². The quantitative estimate of drug-likeness (QED) is 0.907. The number of methoxy groups -OCH3 is 1. The van der Waals surface area contributed by atoms with Gasteiger partial charge in [0.2, 0.25) is 0 Å². The van der Waals surface area contributed by atoms with E-state index in [1.807, 2.05) is 19.2 Å². The topological polar surface area (TPSA) is 37.0 Å². The number of aromatic nitrogens is 1. The Balaban J connectivity index is 2.47. The van der Waals surface area contributed by atoms with Gasteiger partial charge >= 0.3 is 0 Å². The average Bonchev–Trinajstić information content (AvgIpc) is 2.71. The highest BCUT2D eigenvalue weighted by Gasteiger charge is 2.10. The molecule has 4 heteroatoms. The molecule has 0 atom stereocenters. The van der Waals surface area contributed by atoms with Crippen molar-refractivity contribution >= 4 is 15.9 Å². The van der Waals surface area contributed by atoms with Crippen molar-refractivity contribution in [2.24, 2.45) is 0 Å². The van der Waals surface area contributed by atoms with Crippen LogP contribution in [0.25, 0.3) is 11.3 Å². The zero-order valence-corrected chi connectivity index (χ0v) is 12.4. The van der Waals surface area contributed by atoms with Gasteiger partial charge in [-0.05, 0) is 43.8 Å². The van der Waals surface area contributed by atoms with Crippen LogP contribution in [-0.4, -0.2) is 19.1 Å². The van der Waals surface area contributed by atoms with E-state index in [0.29, 0.717) is 0 Å². The molecule has 1 aromatic carbocycles. The van der Waals surface area contributed by atoms with Gasteiger partial charge < -0.3 is 15.0 Å². The van der Waals surface area contributed by atoms with Crippen molar-refractivity contribution in [2.75, 3.05) is 14.2 Å². The third-order valence-corrected chi connectivity index (χ3v) is 3.43. The summed E-state index contributed by atoms with van der Waals surface area (Å²) in [6.45, 7) is 2.94. The van der Waals surface area contributed by atoms with Gasteiger partial charge in [0.15, 0.2) is 0 Å². The lowest BCUT2D eigenvalue weighted by atomic mass is 10.1. The van der Waals surface area contributed by atoms with Crippen molar-refractivity contribution in [3.8, 4) is 17.0 Å². The predicted octanol–water partition coefficient (Wildman–Crippen LogP) is 3.48. The summed E-state index contributed by atoms with van der Waals surface area (Å²) < 4.78 is 6.45. The van der Waals surface area contributed by atoms with Crippen LogP contribution in [-0.2, 0) is 6.54 Å². The van der Waals surface area contributed by atoms with Gasteiger partial charge in [-0.1, -0.05) is 15.9 Å². The van der Waals surface area contributed by atoms with Crippen LogP contribution >= 0.6 is 15.9 Å². The summed E-state index contributed by atoms with van der Waals surface area (Å²) in [4.78, 5) is 3.41. The van der Waals surface area contributed by atoms with Gasteiger partial charge in [-0.2, -0.15) is 0 Å². The van der Waals surface area contributed by atoms with E-state index in [1.54, 1.807) is 7.11 Å². The summed E-state index contributed by atoms with van der Waals surface area (Å²) in [6.07, 6.45) is 0. The summed E-state index contributed by atoms with van der Waals surface area (Å²) >= 11 is 3.50. The molecule has 96 valence electrons. The molecule has 0 saturated heterocycles. The number of halogens is 1. The molecule has 2 rings (SSSR count). The van der Waals surface area contributed by atoms with Crippen molar-refractivity contribution < 1.29 is 4.74 Å². The van der Waals surface area contributed by atoms with Gasteiger partial charge in [-0.15, -0.1) is 0 Å². The first-order valence-corrected chi connectivity index (χ1v) is 6.62. The van der Waals surface area contributed by atoms with Crippen LogP contribution in [0.3, 0.4) is 0 Å². The molecule has 0 fully saturated rings. The molecule has 18 heavy (non-hydrogen) atoms. The van der Waals surface area contributed by atoms with Gasteiger partial charge in [-0.25, -0.2) is 0 Å². The van der Waals surface area contributed by atoms with E-state index in [1.165, 1.54) is 11.3 Å². The molecule has 1 heterocycles. The molecule has 0 radical (unpaired) electrons. The van der Waals surface area contributed by atoms with E-state index in [9.17, 15) is 0 Å². The average molecular weight is 309 g/mol. The third-order valence-electron chi connectivity index (χ3n) is 2.94. The molecular formula is C14H17BrN2O. The number of aromatic amines is 1. The van der Waals surface area contributed by atoms with Crippen LogP contribution in [0.4, 0.5) is 0 Å². The molecule has 2 N–H and O–H groups in total. The molecule has 0 spiro atoms. The number of nitrogens with one attached hydrogen (secondary N) is 2. The number of rotatable bonds is 4. The Hall–Kier alpha value is -1.26. The van der Waals surface area contributed by atoms with Crippen molar-refractivity contribution in [3.05, 3.63) is 40.0 Å². The van der Waals surface area contributed by atoms with Crippen molar-refractivity contribution in [1.82, 2.24) is 10.3 Å². The highest BCUT2D eigenvalue weighted by atomic mass is 79.9. The fourth-order valence-electron chi connectivity index (χ4n) is 2.01. The van der Waals surface area contributed by atoms with E-state index >= 15 is 0 Å². The molecular weight excluding hydrogens is 292 g/mol. The highest BCUT2D eigenvalue weighted by Crippen LogP contribution is 2.33. The molecule has 1 aromatic heterocycles. The second-order valence-corrected chi connectivity index (χ2v) is 5.12. The molecule has 0 aliphatic carbocycles. The predicted molar refractivity (Wildman–Crippen MR) is 78.0 cm³/mol. The molecule has 0 aliphatic rings. The zero-order chi connectivity index (χ0) is 13.1. The summed E-state index contributed by atoms with van der Waals surface area (Å²) in [5, 5.41) is 3.17. The van der Waals surface area contributed by atoms with Crippen LogP contribution < -0.4 is 10.1 Å². The van der Waals surface area contributed by atoms with Crippen LogP contribution in [0.2, 0.25) is 0 Å². The minimum atomic E-state index is 0.860. The molecule has 0 saturated carbocycles. The monoisotopic (exact) mass is 308 g/mol. The molecule has 0 aliphatic heterocycles. The lowest BCUT2D eigenvalue weighted by molar-refractivity contribution is 0.416. The molecule has 3 nitrogen and oxygen atoms in total. The minimum absolute atomic E-state index is 0.860. The number of aryl methyl sites for hydroxylation is 1. The van der Waals surface area contributed by atoms with Gasteiger partial charge in [0.25, 0.3) is 0 Å². The summed E-state index contributed by atoms with van der Waals surface area (Å²) in [6, 6.07) is 8.17. The van der Waals surface area contributed by atoms with Gasteiger partial charge in [0, 0.05) is 28.0 Å². The van der Waals surface area contributed by atoms with Crippen LogP contribution in [0.15, 0.2) is 28.7 Å². The minimum Gasteiger partial charge on any atom is -0.496 e. The smallest absolute Gasteiger partial charge is 0.128 e. The largest absolute Gasteiger partial charge is 0.496 e. The van der Waals surface area contributed by atoms with E-state index < -0.39 is 0 Å². The fourth-order valence-corrected chi connectivity index (χ4v) is 2.37. The summed E-state index contributed by atoms with van der Waals surface area (Å²) in [5.74, 6) is 0.871. The maximum absolute atomic E-state index is 5.41. The maximum atomic E-state index is 5.41. The van der Waals surface area contributed by atoms with E-state index in [0.717, 1.165) is 28.0 Å². The third kappa shape index (κ3) is 2.60. The second-order valence-electron chi connectivity index (χ2n) is 4.21. The lowest BCUT2D eigenvalue weighted by Gasteiger charge is -2.07. The van der Waals surface area contributed by atoms with Gasteiger partial charge in [-0.3, -0.25) is 0 Å². The SMILES string of the molecule is CNCc1cc(-c2cc(Br)ccc2OC)[nH]c1C. The number of H-pyrrole nitrogens is 1. The highest BCUT2D eigenvalue weighted by molar-refractivity contribution is 9.10. The fraction of sp³-hybridized carbons (Fsp3) is 0.286. The van der Waals surface area contributed by atoms with Crippen molar-refractivity contribution in [3.63, 3.8) is 0 Å². The number of hydrogen-bond donors (Lipinski definition) is 2. The standard InChI is InChI=1S/C14H17BrN2O/c1-9-10(8-16-2)6-13(17-9)12-7-11(15)4-5-14(12)18-3/h4-7,16-17H,8H2,1-3H3. The molecule has 0 amide bonds. The van der Waals surface area contributed by atoms with Crippen LogP contribution in [0.5, 0.6) is 5.75 Å². The maximum Gasteiger partial charge on any atom is 0.128 e. The number of benzene rings is 1. The van der Waals surface area contributed by atoms with Crippen LogP contribution in [0, 0.1) is 6.92 Å². The Morgan fingerprint density at radius 2 is 2.11 bits per heavy atom. The Labute approximate surface area is 116 Å². The summed E-state index contributed by atoms with van der Waals surface area (Å²) in [7, 11) is 3.64. The Morgan fingerprint density at radius 3 is 2.78 bits per heavy atom. The van der Waals surface area contributed by atoms with E-state index in [2.05, 4.69) is 45.3 Å². The molecule has 2 aromatic rings. The first-order chi connectivity index (χ1) is 8.65. The Morgan fingerprint density at radius 1 is 1.33 bits per heavy atom. The zero-order valence-electron chi connectivity index (χ0n) is 10.8. The van der Waals surface area contributed by atoms with Crippen molar-refractivity contribution in [1.29, 1.82) is 0 Å². The Bertz CT molecular complexity index is 549. The number of hydrogen-bond acceptors (Lipinski definition) is 2. The summed E-state index contributed by atoms with van der Waals surface area (Å²) in [5.41, 5.74) is 4.60. The first-order valence-electron chi connectivity index (χ1n) is 5.82. The molecule has 0 bridgehead atoms. The second kappa shape index (κ2) is 5.59. The normalized spacial score (nSPS) is 10.7. The lowest BCUT2D eigenvalue weighted by Crippen LogP contribution is -2.04. The molecule has 0 unspecified atom stereocenters. The van der Waals surface area contributed by atoms with Gasteiger partial charge in [0.05, 0.1) is 7.11 Å². The Kier molecular flexibility index (Phi) is 4.09. The number of ether oxygens (including phenoxy) is 1.